The van der Waals surface area contributed by atoms with E-state index in [0.717, 1.165) is 0 Å². The van der Waals surface area contributed by atoms with E-state index >= 15 is 0 Å². The summed E-state index contributed by atoms with van der Waals surface area (Å²) in [7, 11) is -4.20. The monoisotopic (exact) mass is 316 g/mol. The summed E-state index contributed by atoms with van der Waals surface area (Å²) in [6.07, 6.45) is 1.60. The first-order valence-electron chi connectivity index (χ1n) is 6.12. The molecule has 10 nitrogen and oxygen atoms in total. The van der Waals surface area contributed by atoms with Gasteiger partial charge in [0.25, 0.3) is 5.56 Å². The second-order valence-corrected chi connectivity index (χ2v) is 6.25. The van der Waals surface area contributed by atoms with Gasteiger partial charge in [0, 0.05) is 6.42 Å². The summed E-state index contributed by atoms with van der Waals surface area (Å²) < 4.78 is 23.0. The van der Waals surface area contributed by atoms with E-state index in [1.165, 1.54) is 12.7 Å². The minimum atomic E-state index is -4.20. The molecular weight excluding hydrogens is 303 g/mol. The average Bonchev–Trinajstić information content (AvgIpc) is 3.02. The van der Waals surface area contributed by atoms with Crippen molar-refractivity contribution >= 4 is 18.8 Å². The average molecular weight is 316 g/mol. The Hall–Kier alpha value is -1.58. The highest BCUT2D eigenvalue weighted by molar-refractivity contribution is 7.51. The van der Waals surface area contributed by atoms with Crippen molar-refractivity contribution in [2.24, 2.45) is 0 Å². The number of imidazole rings is 1. The van der Waals surface area contributed by atoms with Crippen LogP contribution >= 0.6 is 7.60 Å². The van der Waals surface area contributed by atoms with E-state index in [0.29, 0.717) is 12.1 Å². The van der Waals surface area contributed by atoms with Gasteiger partial charge in [-0.3, -0.25) is 13.9 Å². The van der Waals surface area contributed by atoms with E-state index in [-0.39, 0.29) is 17.7 Å². The molecule has 2 aromatic heterocycles. The molecule has 0 bridgehead atoms. The first kappa shape index (κ1) is 14.4. The number of aromatic amines is 1. The molecule has 21 heavy (non-hydrogen) atoms. The summed E-state index contributed by atoms with van der Waals surface area (Å²) in [5.41, 5.74) is 0.256. The number of nitrogens with zero attached hydrogens (tertiary/aromatic N) is 3. The fraction of sp³-hybridized carbons (Fsp3) is 0.500. The highest BCUT2D eigenvalue weighted by Crippen LogP contribution is 2.36. The summed E-state index contributed by atoms with van der Waals surface area (Å²) >= 11 is 0. The third kappa shape index (κ3) is 3.04. The maximum absolute atomic E-state index is 11.6. The number of rotatable bonds is 4. The maximum atomic E-state index is 11.6. The molecule has 1 saturated heterocycles. The second-order valence-electron chi connectivity index (χ2n) is 4.66. The molecule has 0 unspecified atom stereocenters. The Kier molecular flexibility index (Phi) is 3.64. The van der Waals surface area contributed by atoms with Gasteiger partial charge in [0.05, 0.1) is 25.4 Å². The first-order chi connectivity index (χ1) is 9.94. The van der Waals surface area contributed by atoms with Crippen molar-refractivity contribution in [1.29, 1.82) is 0 Å². The number of H-pyrrole nitrogens is 1. The zero-order chi connectivity index (χ0) is 15.0. The van der Waals surface area contributed by atoms with Gasteiger partial charge in [0.2, 0.25) is 0 Å². The molecule has 11 heteroatoms. The van der Waals surface area contributed by atoms with Crippen LogP contribution in [0, 0.1) is 0 Å². The molecule has 0 saturated carbocycles. The molecule has 3 rings (SSSR count). The standard InChI is InChI=1S/C10H13N4O6P/c15-10-8-9(11-3-12-10)14(4-13-8)7-1-6(2-19-7)20-5-21(16,17)18/h3-4,6-7H,1-2,5H2,(H,11,12,15)(H2,16,17,18)/t6-,7-/m1/s1. The highest BCUT2D eigenvalue weighted by atomic mass is 31.2. The molecule has 3 heterocycles. The van der Waals surface area contributed by atoms with Crippen molar-refractivity contribution in [2.45, 2.75) is 18.8 Å². The van der Waals surface area contributed by atoms with E-state index < -0.39 is 26.3 Å². The predicted molar refractivity (Wildman–Crippen MR) is 69.5 cm³/mol. The van der Waals surface area contributed by atoms with Gasteiger partial charge in [-0.1, -0.05) is 0 Å². The third-order valence-electron chi connectivity index (χ3n) is 3.09. The number of fused-ring (bicyclic) bond motifs is 1. The normalized spacial score (nSPS) is 23.0. The van der Waals surface area contributed by atoms with Gasteiger partial charge in [-0.2, -0.15) is 0 Å². The number of nitrogens with one attached hydrogen (secondary N) is 1. The van der Waals surface area contributed by atoms with Gasteiger partial charge in [-0.15, -0.1) is 0 Å². The van der Waals surface area contributed by atoms with E-state index in [9.17, 15) is 9.36 Å². The van der Waals surface area contributed by atoms with Gasteiger partial charge >= 0.3 is 7.60 Å². The van der Waals surface area contributed by atoms with Gasteiger partial charge in [0.1, 0.15) is 12.6 Å². The number of hydrogen-bond acceptors (Lipinski definition) is 6. The smallest absolute Gasteiger partial charge is 0.350 e. The summed E-state index contributed by atoms with van der Waals surface area (Å²) in [5.74, 6) is 0. The molecule has 2 aromatic rings. The maximum Gasteiger partial charge on any atom is 0.350 e. The Morgan fingerprint density at radius 1 is 1.52 bits per heavy atom. The Balaban J connectivity index is 1.75. The molecule has 3 N–H and O–H groups in total. The van der Waals surface area contributed by atoms with Crippen LogP contribution in [0.3, 0.4) is 0 Å². The van der Waals surface area contributed by atoms with Crippen molar-refractivity contribution in [1.82, 2.24) is 19.5 Å². The zero-order valence-electron chi connectivity index (χ0n) is 10.7. The molecule has 1 fully saturated rings. The Morgan fingerprint density at radius 2 is 2.33 bits per heavy atom. The van der Waals surface area contributed by atoms with E-state index in [2.05, 4.69) is 15.0 Å². The predicted octanol–water partition coefficient (Wildman–Crippen LogP) is -0.441. The third-order valence-corrected chi connectivity index (χ3v) is 3.58. The lowest BCUT2D eigenvalue weighted by atomic mass is 10.3. The van der Waals surface area contributed by atoms with Gasteiger partial charge in [0.15, 0.2) is 11.2 Å². The minimum absolute atomic E-state index is 0.202. The summed E-state index contributed by atoms with van der Waals surface area (Å²) in [4.78, 5) is 39.6. The molecule has 2 atom stereocenters. The lowest BCUT2D eigenvalue weighted by molar-refractivity contribution is 0.0359. The highest BCUT2D eigenvalue weighted by Gasteiger charge is 2.30. The van der Waals surface area contributed by atoms with Crippen LogP contribution in [-0.2, 0) is 14.0 Å². The fourth-order valence-corrected chi connectivity index (χ4v) is 2.57. The molecule has 0 radical (unpaired) electrons. The summed E-state index contributed by atoms with van der Waals surface area (Å²) in [6.45, 7) is 0.202. The molecule has 114 valence electrons. The van der Waals surface area contributed by atoms with Gasteiger partial charge in [-0.05, 0) is 0 Å². The van der Waals surface area contributed by atoms with Crippen molar-refractivity contribution in [3.63, 3.8) is 0 Å². The minimum Gasteiger partial charge on any atom is -0.363 e. The number of hydrogen-bond donors (Lipinski definition) is 3. The zero-order valence-corrected chi connectivity index (χ0v) is 11.6. The lowest BCUT2D eigenvalue weighted by Crippen LogP contribution is -2.14. The van der Waals surface area contributed by atoms with Crippen LogP contribution in [0.25, 0.3) is 11.2 Å². The van der Waals surface area contributed by atoms with Gasteiger partial charge < -0.3 is 24.2 Å². The topological polar surface area (TPSA) is 140 Å². The largest absolute Gasteiger partial charge is 0.363 e. The molecule has 0 amide bonds. The molecular formula is C10H13N4O6P. The Bertz CT molecular complexity index is 751. The quantitative estimate of drug-likeness (QED) is 0.645. The van der Waals surface area contributed by atoms with Crippen LogP contribution in [0.1, 0.15) is 12.6 Å². The SMILES string of the molecule is O=c1[nH]cnc2c1ncn2[C@H]1C[C@@H](OCP(=O)(O)O)CO1. The van der Waals surface area contributed by atoms with Crippen molar-refractivity contribution < 1.29 is 23.8 Å². The second kappa shape index (κ2) is 5.32. The van der Waals surface area contributed by atoms with Crippen LogP contribution in [0.4, 0.5) is 0 Å². The molecule has 0 aromatic carbocycles. The lowest BCUT2D eigenvalue weighted by Gasteiger charge is -2.12. The van der Waals surface area contributed by atoms with E-state index in [4.69, 9.17) is 19.3 Å². The molecule has 1 aliphatic rings. The van der Waals surface area contributed by atoms with Gasteiger partial charge in [-0.25, -0.2) is 9.97 Å². The summed E-state index contributed by atoms with van der Waals surface area (Å²) in [6, 6.07) is 0. The molecule has 0 spiro atoms. The molecule has 1 aliphatic heterocycles. The number of ether oxygens (including phenoxy) is 2. The van der Waals surface area contributed by atoms with Crippen molar-refractivity contribution in [3.8, 4) is 0 Å². The van der Waals surface area contributed by atoms with E-state index in [1.807, 2.05) is 0 Å². The van der Waals surface area contributed by atoms with Crippen LogP contribution in [-0.4, -0.2) is 48.4 Å². The first-order valence-corrected chi connectivity index (χ1v) is 7.92. The fourth-order valence-electron chi connectivity index (χ4n) is 2.17. The summed E-state index contributed by atoms with van der Waals surface area (Å²) in [5, 5.41) is 0. The van der Waals surface area contributed by atoms with Crippen LogP contribution < -0.4 is 5.56 Å². The molecule has 0 aliphatic carbocycles. The van der Waals surface area contributed by atoms with Crippen LogP contribution in [0.15, 0.2) is 17.4 Å². The Labute approximate surface area is 117 Å². The number of aromatic nitrogens is 4. The van der Waals surface area contributed by atoms with Crippen molar-refractivity contribution in [2.75, 3.05) is 13.0 Å². The van der Waals surface area contributed by atoms with Crippen LogP contribution in [0.5, 0.6) is 0 Å². The van der Waals surface area contributed by atoms with Crippen LogP contribution in [0.2, 0.25) is 0 Å². The Morgan fingerprint density at radius 3 is 3.10 bits per heavy atom. The van der Waals surface area contributed by atoms with Crippen molar-refractivity contribution in [3.05, 3.63) is 23.0 Å². The van der Waals surface area contributed by atoms with E-state index in [1.54, 1.807) is 4.57 Å².